The summed E-state index contributed by atoms with van der Waals surface area (Å²) in [6, 6.07) is 6.90. The maximum absolute atomic E-state index is 13.7. The van der Waals surface area contributed by atoms with Gasteiger partial charge in [0.2, 0.25) is 11.9 Å². The lowest BCUT2D eigenvalue weighted by molar-refractivity contribution is -0.119. The van der Waals surface area contributed by atoms with E-state index in [-0.39, 0.29) is 5.95 Å². The first-order chi connectivity index (χ1) is 21.7. The zero-order valence-electron chi connectivity index (χ0n) is 26.2. The van der Waals surface area contributed by atoms with Crippen LogP contribution in [0.25, 0.3) is 11.0 Å². The molecule has 0 bridgehead atoms. The maximum Gasteiger partial charge on any atom is 0.260 e. The highest BCUT2D eigenvalue weighted by Crippen LogP contribution is 2.49. The number of methoxy groups -OCH3 is 1. The summed E-state index contributed by atoms with van der Waals surface area (Å²) in [6.07, 6.45) is 4.20. The molecule has 0 saturated heterocycles. The van der Waals surface area contributed by atoms with Crippen LogP contribution in [-0.2, 0) is 9.36 Å². The quantitative estimate of drug-likeness (QED) is 0.160. The molecule has 244 valence electrons. The Kier molecular flexibility index (Phi) is 9.48. The first kappa shape index (κ1) is 33.4. The van der Waals surface area contributed by atoms with Crippen LogP contribution in [0.3, 0.4) is 0 Å². The normalized spacial score (nSPS) is 15.5. The number of likely N-dealkylation sites (N-methyl/N-ethyl adjacent to an activating group) is 2. The molecule has 2 aromatic carbocycles. The average molecular weight is 719 g/mol. The third-order valence-electron chi connectivity index (χ3n) is 7.41. The highest BCUT2D eigenvalue weighted by molar-refractivity contribution is 9.10. The first-order valence-electron chi connectivity index (χ1n) is 14.3. The molecule has 12 nitrogen and oxygen atoms in total. The van der Waals surface area contributed by atoms with Crippen molar-refractivity contribution >= 4 is 79.8 Å². The molecule has 1 unspecified atom stereocenters. The van der Waals surface area contributed by atoms with Crippen molar-refractivity contribution in [2.45, 2.75) is 12.3 Å². The first-order valence-corrected chi connectivity index (χ1v) is 17.7. The largest absolute Gasteiger partial charge is 0.494 e. The summed E-state index contributed by atoms with van der Waals surface area (Å²) >= 11 is 3.49. The van der Waals surface area contributed by atoms with Crippen molar-refractivity contribution in [3.8, 4) is 5.75 Å². The fraction of sp³-hybridized carbons (Fsp3) is 0.367. The second-order valence-corrected chi connectivity index (χ2v) is 15.7. The van der Waals surface area contributed by atoms with E-state index in [4.69, 9.17) is 4.74 Å². The maximum atomic E-state index is 13.7. The molecule has 1 aliphatic rings. The second kappa shape index (κ2) is 13.0. The van der Waals surface area contributed by atoms with Crippen molar-refractivity contribution in [3.63, 3.8) is 0 Å². The van der Waals surface area contributed by atoms with Gasteiger partial charge in [0.15, 0.2) is 0 Å². The number of hydrogen-bond donors (Lipinski definition) is 3. The van der Waals surface area contributed by atoms with Crippen molar-refractivity contribution in [3.05, 3.63) is 47.3 Å². The minimum absolute atomic E-state index is 0.169. The predicted molar refractivity (Wildman–Crippen MR) is 181 cm³/mol. The summed E-state index contributed by atoms with van der Waals surface area (Å²) in [5, 5.41) is 9.62. The molecule has 16 heteroatoms. The minimum Gasteiger partial charge on any atom is -0.494 e. The van der Waals surface area contributed by atoms with Crippen molar-refractivity contribution in [2.24, 2.45) is 5.92 Å². The van der Waals surface area contributed by atoms with E-state index in [0.717, 1.165) is 0 Å². The number of nitrogens with one attached hydrogen (secondary N) is 3. The van der Waals surface area contributed by atoms with Gasteiger partial charge in [-0.15, -0.1) is 0 Å². The number of carbonyl (C=O) groups is 1. The number of hydrogen-bond acceptors (Lipinski definition) is 11. The zero-order chi connectivity index (χ0) is 33.4. The Bertz CT molecular complexity index is 1840. The van der Waals surface area contributed by atoms with Gasteiger partial charge >= 0.3 is 0 Å². The average Bonchev–Trinajstić information content (AvgIpc) is 3.64. The van der Waals surface area contributed by atoms with E-state index in [1.807, 2.05) is 30.9 Å². The summed E-state index contributed by atoms with van der Waals surface area (Å²) in [7, 11) is 4.41. The molecule has 1 atom stereocenters. The minimum atomic E-state index is -3.01. The number of rotatable bonds is 12. The van der Waals surface area contributed by atoms with Gasteiger partial charge in [-0.2, -0.15) is 4.98 Å². The lowest BCUT2D eigenvalue weighted by Gasteiger charge is -2.26. The van der Waals surface area contributed by atoms with E-state index in [2.05, 4.69) is 51.8 Å². The summed E-state index contributed by atoms with van der Waals surface area (Å²) in [5.41, 5.74) is 3.02. The van der Waals surface area contributed by atoms with E-state index in [1.165, 1.54) is 7.11 Å². The Morgan fingerprint density at radius 3 is 2.43 bits per heavy atom. The summed E-state index contributed by atoms with van der Waals surface area (Å²) < 4.78 is 47.1. The van der Waals surface area contributed by atoms with Gasteiger partial charge in [0.05, 0.1) is 45.2 Å². The van der Waals surface area contributed by atoms with Crippen molar-refractivity contribution in [2.75, 3.05) is 75.5 Å². The van der Waals surface area contributed by atoms with E-state index >= 15 is 0 Å². The molecular weight excluding hydrogens is 683 g/mol. The number of anilines is 6. The number of halogens is 3. The zero-order valence-corrected chi connectivity index (χ0v) is 28.7. The number of nitrogens with zero attached hydrogens (tertiary/aromatic N) is 6. The van der Waals surface area contributed by atoms with Gasteiger partial charge in [0.1, 0.15) is 30.1 Å². The van der Waals surface area contributed by atoms with Crippen molar-refractivity contribution < 1.29 is 22.9 Å². The van der Waals surface area contributed by atoms with Gasteiger partial charge in [0, 0.05) is 51.2 Å². The monoisotopic (exact) mass is 717 g/mol. The van der Waals surface area contributed by atoms with Crippen molar-refractivity contribution in [1.82, 2.24) is 24.8 Å². The molecule has 1 aliphatic carbocycles. The molecule has 5 rings (SSSR count). The molecule has 0 radical (unpaired) electrons. The van der Waals surface area contributed by atoms with Crippen LogP contribution in [0.2, 0.25) is 0 Å². The van der Waals surface area contributed by atoms with Gasteiger partial charge < -0.3 is 35.1 Å². The highest BCUT2D eigenvalue weighted by atomic mass is 79.9. The number of aromatic nitrogens is 4. The Morgan fingerprint density at radius 2 is 1.78 bits per heavy atom. The fourth-order valence-electron chi connectivity index (χ4n) is 4.87. The summed E-state index contributed by atoms with van der Waals surface area (Å²) in [5.74, 6) is -4.18. The number of amides is 1. The molecule has 3 N–H and O–H groups in total. The van der Waals surface area contributed by atoms with Crippen LogP contribution in [0.4, 0.5) is 43.3 Å². The third-order valence-corrected chi connectivity index (χ3v) is 9.52. The van der Waals surface area contributed by atoms with Crippen LogP contribution < -0.4 is 30.9 Å². The Labute approximate surface area is 273 Å². The van der Waals surface area contributed by atoms with Crippen molar-refractivity contribution in [1.29, 1.82) is 0 Å². The van der Waals surface area contributed by atoms with Gasteiger partial charge in [-0.1, -0.05) is 0 Å². The number of fused-ring (bicyclic) bond motifs is 1. The highest BCUT2D eigenvalue weighted by Gasteiger charge is 2.61. The SMILES string of the molecule is COc1cc(N(C)CCN(C)C)c(NC(=O)C2CC2(F)F)cc1Nc1ncc(Br)c(Nc2ccc3nccnc3c2P(C)(C)=O)n1. The van der Waals surface area contributed by atoms with Crippen LogP contribution in [0.5, 0.6) is 5.75 Å². The summed E-state index contributed by atoms with van der Waals surface area (Å²) in [4.78, 5) is 34.5. The number of benzene rings is 2. The fourth-order valence-corrected chi connectivity index (χ4v) is 6.55. The van der Waals surface area contributed by atoms with E-state index in [9.17, 15) is 18.1 Å². The smallest absolute Gasteiger partial charge is 0.260 e. The lowest BCUT2D eigenvalue weighted by atomic mass is 10.2. The second-order valence-electron chi connectivity index (χ2n) is 11.7. The molecule has 1 saturated carbocycles. The molecule has 1 amide bonds. The molecule has 0 aliphatic heterocycles. The van der Waals surface area contributed by atoms with Crippen LogP contribution in [0, 0.1) is 5.92 Å². The molecule has 1 fully saturated rings. The van der Waals surface area contributed by atoms with Gasteiger partial charge in [-0.25, -0.2) is 13.8 Å². The van der Waals surface area contributed by atoms with Gasteiger partial charge in [0.25, 0.3) is 5.92 Å². The topological polar surface area (TPSA) is 138 Å². The van der Waals surface area contributed by atoms with E-state index < -0.39 is 31.3 Å². The number of ether oxygens (including phenoxy) is 1. The molecule has 4 aromatic rings. The molecule has 46 heavy (non-hydrogen) atoms. The van der Waals surface area contributed by atoms with Gasteiger partial charge in [-0.3, -0.25) is 14.8 Å². The molecule has 0 spiro atoms. The standard InChI is InChI=1S/C30H35BrF2N9O3P/c1-41(2)11-12-42(3)23-14-24(45-4)22(13-21(23)38-28(43)17-15-30(17,32)33)39-29-36-16-18(31)27(40-29)37-20-8-7-19-25(35-10-9-34-19)26(20)46(5,6)44/h7-10,13-14,16-17H,11-12,15H2,1-6H3,(H,38,43)(H2,36,37,39,40). The summed E-state index contributed by atoms with van der Waals surface area (Å²) in [6.45, 7) is 4.64. The molecule has 2 aromatic heterocycles. The predicted octanol–water partition coefficient (Wildman–Crippen LogP) is 5.52. The van der Waals surface area contributed by atoms with Crippen LogP contribution in [0.1, 0.15) is 6.42 Å². The lowest BCUT2D eigenvalue weighted by Crippen LogP contribution is -2.29. The number of alkyl halides is 2. The van der Waals surface area contributed by atoms with Crippen LogP contribution >= 0.6 is 23.1 Å². The third kappa shape index (κ3) is 7.37. The van der Waals surface area contributed by atoms with Gasteiger partial charge in [-0.05, 0) is 61.6 Å². The molecular formula is C30H35BrF2N9O3P. The molecule has 2 heterocycles. The van der Waals surface area contributed by atoms with E-state index in [0.29, 0.717) is 68.2 Å². The van der Waals surface area contributed by atoms with Crippen LogP contribution in [0.15, 0.2) is 47.3 Å². The Morgan fingerprint density at radius 1 is 1.07 bits per heavy atom. The van der Waals surface area contributed by atoms with E-state index in [1.54, 1.807) is 56.2 Å². The Balaban J connectivity index is 1.49. The van der Waals surface area contributed by atoms with Crippen LogP contribution in [-0.4, -0.2) is 91.3 Å². The number of carbonyl (C=O) groups excluding carboxylic acids is 1. The Hall–Kier alpha value is -3.94.